The maximum absolute atomic E-state index is 13.8. The van der Waals surface area contributed by atoms with Gasteiger partial charge in [-0.15, -0.1) is 0 Å². The normalized spacial score (nSPS) is 19.7. The molecule has 0 spiro atoms. The van der Waals surface area contributed by atoms with Gasteiger partial charge in [0, 0.05) is 25.5 Å². The van der Waals surface area contributed by atoms with Crippen LogP contribution in [0.15, 0.2) is 36.4 Å². The van der Waals surface area contributed by atoms with E-state index in [4.69, 9.17) is 4.74 Å². The van der Waals surface area contributed by atoms with Crippen molar-refractivity contribution in [3.8, 4) is 5.75 Å². The van der Waals surface area contributed by atoms with Gasteiger partial charge in [0.25, 0.3) is 5.91 Å². The van der Waals surface area contributed by atoms with Crippen molar-refractivity contribution in [2.24, 2.45) is 13.0 Å². The van der Waals surface area contributed by atoms with Gasteiger partial charge in [0.1, 0.15) is 5.69 Å². The highest BCUT2D eigenvalue weighted by molar-refractivity contribution is 7.92. The van der Waals surface area contributed by atoms with Crippen LogP contribution in [0, 0.1) is 5.92 Å². The number of likely N-dealkylation sites (tertiary alicyclic amines) is 2. The molecule has 2 aliphatic rings. The molecule has 250 valence electrons. The molecule has 2 N–H and O–H groups in total. The fraction of sp³-hybridized carbons (Fsp3) is 0.543. The van der Waals surface area contributed by atoms with Crippen molar-refractivity contribution < 1.29 is 22.7 Å². The first-order valence-electron chi connectivity index (χ1n) is 16.2. The lowest BCUT2D eigenvalue weighted by molar-refractivity contribution is -0.135. The van der Waals surface area contributed by atoms with Gasteiger partial charge in [0.05, 0.1) is 36.3 Å². The summed E-state index contributed by atoms with van der Waals surface area (Å²) in [5.74, 6) is 0.651. The van der Waals surface area contributed by atoms with E-state index in [1.165, 1.54) is 12.7 Å². The first kappa shape index (κ1) is 33.8. The van der Waals surface area contributed by atoms with Crippen LogP contribution in [-0.4, -0.2) is 80.7 Å². The fourth-order valence-corrected chi connectivity index (χ4v) is 7.61. The number of aromatic nitrogens is 1. The number of ether oxygens (including phenoxy) is 1. The molecule has 2 aliphatic heterocycles. The summed E-state index contributed by atoms with van der Waals surface area (Å²) in [4.78, 5) is 31.4. The lowest BCUT2D eigenvalue weighted by Crippen LogP contribution is -2.44. The summed E-state index contributed by atoms with van der Waals surface area (Å²) < 4.78 is 34.4. The molecule has 3 aromatic rings. The number of amides is 2. The zero-order valence-electron chi connectivity index (χ0n) is 28.3. The number of carbonyl (C=O) groups excluding carboxylic acids is 2. The summed E-state index contributed by atoms with van der Waals surface area (Å²) in [6.07, 6.45) is 7.02. The van der Waals surface area contributed by atoms with Gasteiger partial charge in [-0.25, -0.2) is 8.42 Å². The highest BCUT2D eigenvalue weighted by Gasteiger charge is 2.32. The number of hydrogen-bond acceptors (Lipinski definition) is 6. The van der Waals surface area contributed by atoms with Gasteiger partial charge in [-0.05, 0) is 92.8 Å². The van der Waals surface area contributed by atoms with Gasteiger partial charge in [-0.1, -0.05) is 39.0 Å². The number of nitrogens with zero attached hydrogens (tertiary/aromatic N) is 3. The molecule has 46 heavy (non-hydrogen) atoms. The average Bonchev–Trinajstić information content (AvgIpc) is 3.47. The van der Waals surface area contributed by atoms with E-state index in [0.29, 0.717) is 17.3 Å². The number of likely N-dealkylation sites (N-methyl/N-ethyl adjacent to an activating group) is 1. The minimum atomic E-state index is -3.59. The Hall–Kier alpha value is -3.57. The van der Waals surface area contributed by atoms with Crippen LogP contribution in [0.3, 0.4) is 0 Å². The molecule has 2 aromatic carbocycles. The lowest BCUT2D eigenvalue weighted by atomic mass is 9.86. The second-order valence-corrected chi connectivity index (χ2v) is 15.8. The Balaban J connectivity index is 1.38. The molecule has 1 aromatic heterocycles. The third-order valence-corrected chi connectivity index (χ3v) is 10.1. The van der Waals surface area contributed by atoms with Crippen LogP contribution in [0.5, 0.6) is 5.75 Å². The highest BCUT2D eigenvalue weighted by Crippen LogP contribution is 2.39. The molecule has 1 unspecified atom stereocenters. The Labute approximate surface area is 273 Å². The van der Waals surface area contributed by atoms with Gasteiger partial charge in [-0.2, -0.15) is 0 Å². The zero-order valence-corrected chi connectivity index (χ0v) is 29.1. The summed E-state index contributed by atoms with van der Waals surface area (Å²) in [6, 6.07) is 11.7. The third-order valence-electron chi connectivity index (χ3n) is 9.55. The van der Waals surface area contributed by atoms with E-state index in [2.05, 4.69) is 33.0 Å². The van der Waals surface area contributed by atoms with Crippen LogP contribution in [0.4, 0.5) is 11.4 Å². The number of nitrogens with one attached hydrogen (secondary N) is 2. The summed E-state index contributed by atoms with van der Waals surface area (Å²) in [7, 11) is 1.82. The Morgan fingerprint density at radius 1 is 0.978 bits per heavy atom. The standard InChI is InChI=1S/C35H49N5O5S/c1-35(2,3)26-21-27(32(45-6)28(22-26)37-46(7,43)44)36-33(41)30-20-25-13-8-12-24(31(25)39(30)5)19-23-11-9-17-40(18-15-23)34(42)29-14-10-16-38(29)4/h8,12-13,20-23,29,37H,9-11,14-19H2,1-7H3,(H,36,41)/t23?,29-/m1/s1. The molecule has 2 atom stereocenters. The van der Waals surface area contributed by atoms with Crippen LogP contribution in [0.25, 0.3) is 10.9 Å². The van der Waals surface area contributed by atoms with E-state index in [1.54, 1.807) is 6.07 Å². The number of methoxy groups -OCH3 is 1. The Kier molecular flexibility index (Phi) is 9.75. The van der Waals surface area contributed by atoms with Gasteiger partial charge >= 0.3 is 0 Å². The van der Waals surface area contributed by atoms with Crippen molar-refractivity contribution in [3.05, 3.63) is 53.2 Å². The van der Waals surface area contributed by atoms with E-state index in [0.717, 1.165) is 80.9 Å². The van der Waals surface area contributed by atoms with Crippen molar-refractivity contribution in [1.29, 1.82) is 0 Å². The van der Waals surface area contributed by atoms with Gasteiger partial charge in [-0.3, -0.25) is 19.2 Å². The van der Waals surface area contributed by atoms with Crippen LogP contribution in [0.1, 0.15) is 74.5 Å². The van der Waals surface area contributed by atoms with Crippen LogP contribution in [-0.2, 0) is 33.7 Å². The molecule has 11 heteroatoms. The van der Waals surface area contributed by atoms with E-state index >= 15 is 0 Å². The largest absolute Gasteiger partial charge is 0.492 e. The number of aryl methyl sites for hydroxylation is 1. The molecule has 5 rings (SSSR count). The number of hydrogen-bond donors (Lipinski definition) is 2. The van der Waals surface area contributed by atoms with E-state index in [1.807, 2.05) is 56.7 Å². The second-order valence-electron chi connectivity index (χ2n) is 14.1. The minimum absolute atomic E-state index is 0.0247. The Bertz CT molecular complexity index is 1720. The maximum atomic E-state index is 13.8. The number of carbonyl (C=O) groups is 2. The number of fused-ring (bicyclic) bond motifs is 1. The van der Waals surface area contributed by atoms with Gasteiger partial charge in [0.15, 0.2) is 5.75 Å². The molecule has 0 aliphatic carbocycles. The molecular formula is C35H49N5O5S. The SMILES string of the molecule is COc1c(NC(=O)c2cc3cccc(CC4CCCN(C(=O)[C@H]5CCCN5C)CC4)c3n2C)cc(C(C)(C)C)cc1NS(C)(=O)=O. The number of sulfonamides is 1. The molecular weight excluding hydrogens is 602 g/mol. The topological polar surface area (TPSA) is 113 Å². The van der Waals surface area contributed by atoms with Crippen molar-refractivity contribution in [1.82, 2.24) is 14.4 Å². The van der Waals surface area contributed by atoms with Crippen LogP contribution >= 0.6 is 0 Å². The number of rotatable bonds is 8. The van der Waals surface area contributed by atoms with E-state index in [9.17, 15) is 18.0 Å². The van der Waals surface area contributed by atoms with E-state index < -0.39 is 10.0 Å². The van der Waals surface area contributed by atoms with Crippen LogP contribution in [0.2, 0.25) is 0 Å². The number of anilines is 2. The third kappa shape index (κ3) is 7.36. The Morgan fingerprint density at radius 3 is 2.35 bits per heavy atom. The Morgan fingerprint density at radius 2 is 1.70 bits per heavy atom. The minimum Gasteiger partial charge on any atom is -0.492 e. The summed E-state index contributed by atoms with van der Waals surface area (Å²) in [6.45, 7) is 8.66. The fourth-order valence-electron chi connectivity index (χ4n) is 7.05. The second kappa shape index (κ2) is 13.3. The van der Waals surface area contributed by atoms with E-state index in [-0.39, 0.29) is 34.7 Å². The van der Waals surface area contributed by atoms with Gasteiger partial charge in [0.2, 0.25) is 15.9 Å². The predicted octanol–water partition coefficient (Wildman–Crippen LogP) is 5.37. The smallest absolute Gasteiger partial charge is 0.272 e. The molecule has 0 radical (unpaired) electrons. The van der Waals surface area contributed by atoms with Crippen molar-refractivity contribution >= 4 is 44.1 Å². The average molecular weight is 652 g/mol. The zero-order chi connectivity index (χ0) is 33.4. The summed E-state index contributed by atoms with van der Waals surface area (Å²) >= 11 is 0. The van der Waals surface area contributed by atoms with Crippen molar-refractivity contribution in [2.45, 2.75) is 70.8 Å². The highest BCUT2D eigenvalue weighted by atomic mass is 32.2. The summed E-state index contributed by atoms with van der Waals surface area (Å²) in [5, 5.41) is 3.99. The monoisotopic (exact) mass is 651 g/mol. The molecule has 0 saturated carbocycles. The predicted molar refractivity (Wildman–Crippen MR) is 184 cm³/mol. The van der Waals surface area contributed by atoms with Crippen molar-refractivity contribution in [3.63, 3.8) is 0 Å². The first-order chi connectivity index (χ1) is 21.7. The maximum Gasteiger partial charge on any atom is 0.272 e. The summed E-state index contributed by atoms with van der Waals surface area (Å²) in [5.41, 5.74) is 3.88. The molecule has 2 fully saturated rings. The molecule has 3 heterocycles. The van der Waals surface area contributed by atoms with Crippen LogP contribution < -0.4 is 14.8 Å². The number of benzene rings is 2. The first-order valence-corrected chi connectivity index (χ1v) is 18.1. The molecule has 10 nitrogen and oxygen atoms in total. The van der Waals surface area contributed by atoms with Gasteiger partial charge < -0.3 is 19.5 Å². The molecule has 2 amide bonds. The van der Waals surface area contributed by atoms with Crippen molar-refractivity contribution in [2.75, 3.05) is 50.1 Å². The number of para-hydroxylation sites is 1. The lowest BCUT2D eigenvalue weighted by Gasteiger charge is -2.27. The molecule has 2 saturated heterocycles. The molecule has 0 bridgehead atoms. The quantitative estimate of drug-likeness (QED) is 0.339.